The third-order valence-electron chi connectivity index (χ3n) is 4.39. The van der Waals surface area contributed by atoms with Gasteiger partial charge in [-0.25, -0.2) is 4.79 Å². The molecule has 2 aromatic rings. The molecule has 0 N–H and O–H groups in total. The van der Waals surface area contributed by atoms with Gasteiger partial charge < -0.3 is 9.32 Å². The van der Waals surface area contributed by atoms with E-state index in [-0.39, 0.29) is 5.63 Å². The molecule has 3 nitrogen and oxygen atoms in total. The lowest BCUT2D eigenvalue weighted by Gasteiger charge is -2.37. The Bertz CT molecular complexity index is 728. The van der Waals surface area contributed by atoms with Crippen LogP contribution in [0.5, 0.6) is 0 Å². The van der Waals surface area contributed by atoms with Crippen molar-refractivity contribution in [1.29, 1.82) is 0 Å². The number of hydrogen-bond acceptors (Lipinski definition) is 3. The first-order chi connectivity index (χ1) is 10.2. The van der Waals surface area contributed by atoms with Gasteiger partial charge in [-0.05, 0) is 50.3 Å². The molecule has 4 rings (SSSR count). The second-order valence-electron chi connectivity index (χ2n) is 5.69. The van der Waals surface area contributed by atoms with Gasteiger partial charge in [-0.1, -0.05) is 13.8 Å². The first-order valence-corrected chi connectivity index (χ1v) is 8.08. The van der Waals surface area contributed by atoms with Gasteiger partial charge >= 0.3 is 5.63 Å². The van der Waals surface area contributed by atoms with Gasteiger partial charge in [-0.3, -0.25) is 0 Å². The van der Waals surface area contributed by atoms with E-state index in [9.17, 15) is 4.79 Å². The van der Waals surface area contributed by atoms with E-state index in [4.69, 9.17) is 4.42 Å². The Morgan fingerprint density at radius 1 is 1.10 bits per heavy atom. The molecule has 21 heavy (non-hydrogen) atoms. The normalized spacial score (nSPS) is 16.2. The largest absolute Gasteiger partial charge is 0.422 e. The quantitative estimate of drug-likeness (QED) is 0.690. The lowest BCUT2D eigenvalue weighted by Crippen LogP contribution is -2.34. The van der Waals surface area contributed by atoms with Crippen LogP contribution in [0.25, 0.3) is 11.0 Å². The minimum Gasteiger partial charge on any atom is -0.422 e. The fourth-order valence-electron chi connectivity index (χ4n) is 3.55. The predicted octanol–water partition coefficient (Wildman–Crippen LogP) is 3.83. The van der Waals surface area contributed by atoms with Crippen molar-refractivity contribution in [3.63, 3.8) is 0 Å². The van der Waals surface area contributed by atoms with Crippen molar-refractivity contribution in [3.05, 3.63) is 39.2 Å². The van der Waals surface area contributed by atoms with E-state index in [0.29, 0.717) is 5.56 Å². The van der Waals surface area contributed by atoms with Crippen molar-refractivity contribution in [1.82, 2.24) is 0 Å². The van der Waals surface area contributed by atoms with E-state index in [2.05, 4.69) is 11.0 Å². The zero-order chi connectivity index (χ0) is 15.0. The summed E-state index contributed by atoms with van der Waals surface area (Å²) in [5.41, 5.74) is 5.37. The highest BCUT2D eigenvalue weighted by Gasteiger charge is 2.26. The number of hydrogen-bond donors (Lipinski definition) is 0. The number of benzene rings is 1. The number of fused-ring (bicyclic) bond motifs is 2. The molecule has 1 aromatic carbocycles. The minimum atomic E-state index is -0.198. The highest BCUT2D eigenvalue weighted by molar-refractivity contribution is 5.88. The van der Waals surface area contributed by atoms with E-state index in [1.165, 1.54) is 23.2 Å². The molecule has 3 heterocycles. The maximum atomic E-state index is 11.8. The summed E-state index contributed by atoms with van der Waals surface area (Å²) in [5.74, 6) is 0. The molecule has 0 saturated carbocycles. The van der Waals surface area contributed by atoms with Gasteiger partial charge in [0, 0.05) is 35.3 Å². The fourth-order valence-corrected chi connectivity index (χ4v) is 3.55. The van der Waals surface area contributed by atoms with Crippen LogP contribution < -0.4 is 10.5 Å². The maximum absolute atomic E-state index is 11.8. The minimum absolute atomic E-state index is 0.198. The van der Waals surface area contributed by atoms with Gasteiger partial charge in [-0.15, -0.1) is 0 Å². The van der Waals surface area contributed by atoms with E-state index in [1.54, 1.807) is 0 Å². The lowest BCUT2D eigenvalue weighted by atomic mass is 9.90. The maximum Gasteiger partial charge on any atom is 0.339 e. The number of anilines is 1. The van der Waals surface area contributed by atoms with Crippen molar-refractivity contribution in [3.8, 4) is 0 Å². The number of aryl methyl sites for hydroxylation is 3. The Morgan fingerprint density at radius 3 is 2.57 bits per heavy atom. The van der Waals surface area contributed by atoms with E-state index >= 15 is 0 Å². The molecule has 2 aliphatic heterocycles. The van der Waals surface area contributed by atoms with Gasteiger partial charge in [0.05, 0.1) is 0 Å². The molecule has 0 spiro atoms. The standard InChI is InChI=1S/C16H17NO2.C2H6/c1-10-8-12-9-11-4-2-6-17-7-3-5-13(14(11)17)15(12)19-16(10)18;1-2/h8-9H,2-7H2,1H3;1-2H3. The summed E-state index contributed by atoms with van der Waals surface area (Å²) in [6, 6.07) is 4.20. The van der Waals surface area contributed by atoms with Crippen LogP contribution in [-0.2, 0) is 12.8 Å². The second-order valence-corrected chi connectivity index (χ2v) is 5.69. The van der Waals surface area contributed by atoms with Gasteiger partial charge in [0.2, 0.25) is 0 Å². The molecule has 0 bridgehead atoms. The van der Waals surface area contributed by atoms with Crippen LogP contribution in [0.4, 0.5) is 5.69 Å². The van der Waals surface area contributed by atoms with E-state index < -0.39 is 0 Å². The summed E-state index contributed by atoms with van der Waals surface area (Å²) in [5, 5.41) is 1.09. The number of nitrogens with zero attached hydrogens (tertiary/aromatic N) is 1. The topological polar surface area (TPSA) is 33.5 Å². The molecule has 0 fully saturated rings. The van der Waals surface area contributed by atoms with Crippen LogP contribution in [0.3, 0.4) is 0 Å². The van der Waals surface area contributed by atoms with Gasteiger partial charge in [0.1, 0.15) is 5.58 Å². The van der Waals surface area contributed by atoms with E-state index in [1.807, 2.05) is 26.8 Å². The molecule has 0 amide bonds. The molecule has 0 atom stereocenters. The third kappa shape index (κ3) is 2.25. The van der Waals surface area contributed by atoms with Crippen LogP contribution in [0.15, 0.2) is 21.3 Å². The average molecular weight is 285 g/mol. The Kier molecular flexibility index (Phi) is 3.75. The zero-order valence-electron chi connectivity index (χ0n) is 13.2. The molecule has 0 aliphatic carbocycles. The molecule has 2 aliphatic rings. The predicted molar refractivity (Wildman–Crippen MR) is 87.4 cm³/mol. The molecule has 0 unspecified atom stereocenters. The van der Waals surface area contributed by atoms with Crippen molar-refractivity contribution in [2.75, 3.05) is 18.0 Å². The van der Waals surface area contributed by atoms with Crippen molar-refractivity contribution in [2.45, 2.75) is 46.5 Å². The molecule has 112 valence electrons. The fraction of sp³-hybridized carbons (Fsp3) is 0.500. The smallest absolute Gasteiger partial charge is 0.339 e. The summed E-state index contributed by atoms with van der Waals surface area (Å²) < 4.78 is 5.58. The third-order valence-corrected chi connectivity index (χ3v) is 4.39. The van der Waals surface area contributed by atoms with Crippen LogP contribution >= 0.6 is 0 Å². The van der Waals surface area contributed by atoms with Crippen LogP contribution in [-0.4, -0.2) is 13.1 Å². The van der Waals surface area contributed by atoms with Crippen molar-refractivity contribution in [2.24, 2.45) is 0 Å². The van der Waals surface area contributed by atoms with Crippen LogP contribution in [0.1, 0.15) is 43.4 Å². The zero-order valence-corrected chi connectivity index (χ0v) is 13.2. The first-order valence-electron chi connectivity index (χ1n) is 8.08. The van der Waals surface area contributed by atoms with Crippen molar-refractivity contribution >= 4 is 16.7 Å². The summed E-state index contributed by atoms with van der Waals surface area (Å²) in [6.45, 7) is 8.10. The van der Waals surface area contributed by atoms with E-state index in [0.717, 1.165) is 43.3 Å². The SMILES string of the molecule is CC.Cc1cc2cc3c4c(c2oc1=O)CCCN4CCC3. The Labute approximate surface area is 125 Å². The van der Waals surface area contributed by atoms with Crippen LogP contribution in [0.2, 0.25) is 0 Å². The molecule has 0 saturated heterocycles. The summed E-state index contributed by atoms with van der Waals surface area (Å²) in [7, 11) is 0. The molecule has 3 heteroatoms. The van der Waals surface area contributed by atoms with Gasteiger partial charge in [-0.2, -0.15) is 0 Å². The van der Waals surface area contributed by atoms with Gasteiger partial charge in [0.15, 0.2) is 0 Å². The Morgan fingerprint density at radius 2 is 1.81 bits per heavy atom. The lowest BCUT2D eigenvalue weighted by molar-refractivity contribution is 0.544. The molecule has 0 radical (unpaired) electrons. The average Bonchev–Trinajstić information content (AvgIpc) is 2.52. The van der Waals surface area contributed by atoms with Crippen molar-refractivity contribution < 1.29 is 4.42 Å². The summed E-state index contributed by atoms with van der Waals surface area (Å²) >= 11 is 0. The highest BCUT2D eigenvalue weighted by Crippen LogP contribution is 2.39. The molecule has 1 aromatic heterocycles. The Balaban J connectivity index is 0.000000636. The first kappa shape index (κ1) is 14.2. The number of rotatable bonds is 0. The molecular formula is C18H23NO2. The summed E-state index contributed by atoms with van der Waals surface area (Å²) in [6.07, 6.45) is 4.56. The Hall–Kier alpha value is -1.77. The highest BCUT2D eigenvalue weighted by atomic mass is 16.4. The monoisotopic (exact) mass is 285 g/mol. The van der Waals surface area contributed by atoms with Gasteiger partial charge in [0.25, 0.3) is 0 Å². The summed E-state index contributed by atoms with van der Waals surface area (Å²) in [4.78, 5) is 14.3. The second kappa shape index (κ2) is 5.55. The molecular weight excluding hydrogens is 262 g/mol. The van der Waals surface area contributed by atoms with Crippen LogP contribution in [0, 0.1) is 6.92 Å².